The maximum Gasteiger partial charge on any atom is 0.251 e. The van der Waals surface area contributed by atoms with Crippen molar-refractivity contribution in [3.05, 3.63) is 89.6 Å². The lowest BCUT2D eigenvalue weighted by atomic mass is 10.1. The largest absolute Gasteiger partial charge is 0.468 e. The molecule has 10 heteroatoms. The number of amides is 2. The van der Waals surface area contributed by atoms with E-state index in [4.69, 9.17) is 10.2 Å². The van der Waals surface area contributed by atoms with E-state index in [1.807, 2.05) is 0 Å². The first-order valence-electron chi connectivity index (χ1n) is 8.95. The number of nitrogens with one attached hydrogen (secondary N) is 2. The number of sulfonamides is 1. The summed E-state index contributed by atoms with van der Waals surface area (Å²) < 4.78 is 45.6. The number of nitrogens with two attached hydrogens (primary N) is 1. The lowest BCUT2D eigenvalue weighted by Crippen LogP contribution is -2.22. The van der Waals surface area contributed by atoms with Crippen molar-refractivity contribution in [2.45, 2.75) is 11.4 Å². The Balaban J connectivity index is 1.62. The van der Waals surface area contributed by atoms with E-state index in [0.717, 1.165) is 12.1 Å². The normalized spacial score (nSPS) is 11.5. The molecule has 0 atom stereocenters. The second-order valence-corrected chi connectivity index (χ2v) is 8.12. The molecule has 31 heavy (non-hydrogen) atoms. The van der Waals surface area contributed by atoms with Gasteiger partial charge in [-0.25, -0.2) is 17.5 Å². The summed E-state index contributed by atoms with van der Waals surface area (Å²) in [6.07, 6.45) is 4.14. The minimum Gasteiger partial charge on any atom is -0.468 e. The van der Waals surface area contributed by atoms with Crippen molar-refractivity contribution in [1.29, 1.82) is 0 Å². The van der Waals surface area contributed by atoms with Gasteiger partial charge in [-0.05, 0) is 54.1 Å². The summed E-state index contributed by atoms with van der Waals surface area (Å²) in [5, 5.41) is 2.49. The minimum absolute atomic E-state index is 0.0258. The molecule has 2 aromatic carbocycles. The Morgan fingerprint density at radius 1 is 1.10 bits per heavy atom. The fourth-order valence-corrected chi connectivity index (χ4v) is 3.56. The van der Waals surface area contributed by atoms with Gasteiger partial charge < -0.3 is 15.5 Å². The van der Waals surface area contributed by atoms with Crippen LogP contribution in [0.25, 0.3) is 6.08 Å². The lowest BCUT2D eigenvalue weighted by Gasteiger charge is -2.06. The lowest BCUT2D eigenvalue weighted by molar-refractivity contribution is -0.111. The third-order valence-corrected chi connectivity index (χ3v) is 5.55. The highest BCUT2D eigenvalue weighted by Crippen LogP contribution is 2.15. The van der Waals surface area contributed by atoms with Gasteiger partial charge in [0, 0.05) is 11.8 Å². The molecule has 0 fully saturated rings. The zero-order chi connectivity index (χ0) is 22.4. The van der Waals surface area contributed by atoms with E-state index in [2.05, 4.69) is 10.0 Å². The Kier molecular flexibility index (Phi) is 6.63. The number of anilines is 1. The molecule has 0 aliphatic rings. The summed E-state index contributed by atoms with van der Waals surface area (Å²) in [7, 11) is -3.72. The van der Waals surface area contributed by atoms with Gasteiger partial charge in [0.05, 0.1) is 23.3 Å². The van der Waals surface area contributed by atoms with Crippen molar-refractivity contribution in [3.63, 3.8) is 0 Å². The molecule has 0 saturated heterocycles. The fraction of sp³-hybridized carbons (Fsp3) is 0.0476. The topological polar surface area (TPSA) is 132 Å². The summed E-state index contributed by atoms with van der Waals surface area (Å²) in [5.41, 5.74) is 5.53. The van der Waals surface area contributed by atoms with Crippen LogP contribution in [0.1, 0.15) is 21.7 Å². The van der Waals surface area contributed by atoms with Crippen LogP contribution in [-0.2, 0) is 21.4 Å². The van der Waals surface area contributed by atoms with E-state index in [0.29, 0.717) is 11.3 Å². The second kappa shape index (κ2) is 9.37. The van der Waals surface area contributed by atoms with Crippen LogP contribution in [0.3, 0.4) is 0 Å². The van der Waals surface area contributed by atoms with Crippen molar-refractivity contribution < 1.29 is 26.8 Å². The van der Waals surface area contributed by atoms with Gasteiger partial charge in [-0.3, -0.25) is 9.59 Å². The quantitative estimate of drug-likeness (QED) is 0.461. The van der Waals surface area contributed by atoms with Crippen LogP contribution in [0.4, 0.5) is 10.1 Å². The van der Waals surface area contributed by atoms with E-state index >= 15 is 0 Å². The van der Waals surface area contributed by atoms with Gasteiger partial charge in [-0.1, -0.05) is 12.1 Å². The highest BCUT2D eigenvalue weighted by atomic mass is 32.2. The minimum atomic E-state index is -3.72. The first-order chi connectivity index (χ1) is 14.7. The number of carbonyl (C=O) groups is 2. The van der Waals surface area contributed by atoms with Gasteiger partial charge in [-0.2, -0.15) is 0 Å². The average Bonchev–Trinajstić information content (AvgIpc) is 3.26. The van der Waals surface area contributed by atoms with Crippen LogP contribution >= 0.6 is 0 Å². The molecule has 2 amide bonds. The number of furan rings is 1. The number of carbonyl (C=O) groups excluding carboxylic acids is 2. The summed E-state index contributed by atoms with van der Waals surface area (Å²) >= 11 is 0. The number of halogens is 1. The molecule has 3 rings (SSSR count). The van der Waals surface area contributed by atoms with E-state index in [-0.39, 0.29) is 22.7 Å². The number of hydrogen-bond donors (Lipinski definition) is 3. The molecule has 3 aromatic rings. The molecule has 160 valence electrons. The molecule has 4 N–H and O–H groups in total. The van der Waals surface area contributed by atoms with Crippen molar-refractivity contribution in [3.8, 4) is 0 Å². The number of benzene rings is 2. The maximum absolute atomic E-state index is 13.5. The highest BCUT2D eigenvalue weighted by molar-refractivity contribution is 7.89. The number of rotatable bonds is 8. The highest BCUT2D eigenvalue weighted by Gasteiger charge is 2.14. The standard InChI is InChI=1S/C21H18FN3O5S/c22-19-9-6-15(12-18(19)21(23)27)25-20(26)10-5-14-3-7-17(8-4-14)31(28,29)24-13-16-2-1-11-30-16/h1-12,24H,13H2,(H2,23,27)(H,25,26)/b10-5+. The molecule has 8 nitrogen and oxygen atoms in total. The molecule has 1 aromatic heterocycles. The molecule has 0 bridgehead atoms. The van der Waals surface area contributed by atoms with E-state index < -0.39 is 27.7 Å². The van der Waals surface area contributed by atoms with Crippen LogP contribution in [0, 0.1) is 5.82 Å². The zero-order valence-electron chi connectivity index (χ0n) is 16.0. The number of primary amides is 1. The Morgan fingerprint density at radius 2 is 1.84 bits per heavy atom. The molecule has 0 aliphatic heterocycles. The molecule has 0 unspecified atom stereocenters. The van der Waals surface area contributed by atoms with Crippen LogP contribution < -0.4 is 15.8 Å². The van der Waals surface area contributed by atoms with Crippen LogP contribution in [0.15, 0.2) is 76.2 Å². The predicted octanol–water partition coefficient (Wildman–Crippen LogP) is 2.65. The van der Waals surface area contributed by atoms with Crippen molar-refractivity contribution in [2.24, 2.45) is 5.73 Å². The molecule has 0 radical (unpaired) electrons. The molecular formula is C21H18FN3O5S. The fourth-order valence-electron chi connectivity index (χ4n) is 2.57. The summed E-state index contributed by atoms with van der Waals surface area (Å²) in [5.74, 6) is -1.77. The Morgan fingerprint density at radius 3 is 2.48 bits per heavy atom. The number of hydrogen-bond acceptors (Lipinski definition) is 5. The summed E-state index contributed by atoms with van der Waals surface area (Å²) in [6.45, 7) is 0.0258. The molecule has 1 heterocycles. The van der Waals surface area contributed by atoms with Gasteiger partial charge >= 0.3 is 0 Å². The Hall–Kier alpha value is -3.76. The second-order valence-electron chi connectivity index (χ2n) is 6.35. The average molecular weight is 443 g/mol. The van der Waals surface area contributed by atoms with Crippen molar-refractivity contribution >= 4 is 33.6 Å². The van der Waals surface area contributed by atoms with E-state index in [1.165, 1.54) is 48.7 Å². The van der Waals surface area contributed by atoms with Gasteiger partial charge in [0.15, 0.2) is 0 Å². The monoisotopic (exact) mass is 443 g/mol. The van der Waals surface area contributed by atoms with Crippen LogP contribution in [-0.4, -0.2) is 20.2 Å². The third-order valence-electron chi connectivity index (χ3n) is 4.13. The van der Waals surface area contributed by atoms with Gasteiger partial charge in [-0.15, -0.1) is 0 Å². The molecule has 0 spiro atoms. The first kappa shape index (κ1) is 21.9. The third kappa shape index (κ3) is 5.87. The molecule has 0 saturated carbocycles. The Bertz CT molecular complexity index is 1220. The smallest absolute Gasteiger partial charge is 0.251 e. The van der Waals surface area contributed by atoms with Gasteiger partial charge in [0.1, 0.15) is 11.6 Å². The van der Waals surface area contributed by atoms with Crippen LogP contribution in [0.5, 0.6) is 0 Å². The zero-order valence-corrected chi connectivity index (χ0v) is 16.9. The Labute approximate surface area is 177 Å². The van der Waals surface area contributed by atoms with E-state index in [1.54, 1.807) is 12.1 Å². The van der Waals surface area contributed by atoms with Crippen molar-refractivity contribution in [2.75, 3.05) is 5.32 Å². The maximum atomic E-state index is 13.5. The van der Waals surface area contributed by atoms with Crippen LogP contribution in [0.2, 0.25) is 0 Å². The molecule has 0 aliphatic carbocycles. The first-order valence-corrected chi connectivity index (χ1v) is 10.4. The van der Waals surface area contributed by atoms with E-state index in [9.17, 15) is 22.4 Å². The summed E-state index contributed by atoms with van der Waals surface area (Å²) in [4.78, 5) is 23.3. The SMILES string of the molecule is NC(=O)c1cc(NC(=O)/C=C/c2ccc(S(=O)(=O)NCc3ccco3)cc2)ccc1F. The van der Waals surface area contributed by atoms with Gasteiger partial charge in [0.2, 0.25) is 15.9 Å². The predicted molar refractivity (Wildman–Crippen MR) is 112 cm³/mol. The van der Waals surface area contributed by atoms with Crippen molar-refractivity contribution in [1.82, 2.24) is 4.72 Å². The molecular weight excluding hydrogens is 425 g/mol. The summed E-state index contributed by atoms with van der Waals surface area (Å²) in [6, 6.07) is 12.7. The van der Waals surface area contributed by atoms with Gasteiger partial charge in [0.25, 0.3) is 5.91 Å².